The van der Waals surface area contributed by atoms with Gasteiger partial charge in [0, 0.05) is 18.3 Å². The van der Waals surface area contributed by atoms with E-state index in [4.69, 9.17) is 16.3 Å². The van der Waals surface area contributed by atoms with E-state index in [9.17, 15) is 9.59 Å². The highest BCUT2D eigenvalue weighted by Gasteiger charge is 2.16. The number of H-pyrrole nitrogens is 1. The third-order valence-corrected chi connectivity index (χ3v) is 3.96. The SMILES string of the molecule is C=CC(=O)Nc1cc(Oc2cnc3[nH]cc(C(=O)NC(C)C)c3n2)ccc1Cl. The van der Waals surface area contributed by atoms with E-state index in [1.54, 1.807) is 24.4 Å². The van der Waals surface area contributed by atoms with E-state index in [-0.39, 0.29) is 17.8 Å². The van der Waals surface area contributed by atoms with E-state index >= 15 is 0 Å². The zero-order valence-corrected chi connectivity index (χ0v) is 16.0. The van der Waals surface area contributed by atoms with E-state index in [2.05, 4.69) is 32.2 Å². The monoisotopic (exact) mass is 399 g/mol. The number of benzene rings is 1. The van der Waals surface area contributed by atoms with Crippen LogP contribution in [-0.2, 0) is 4.79 Å². The molecule has 0 spiro atoms. The average molecular weight is 400 g/mol. The van der Waals surface area contributed by atoms with Gasteiger partial charge >= 0.3 is 0 Å². The van der Waals surface area contributed by atoms with Crippen LogP contribution in [0, 0.1) is 0 Å². The zero-order chi connectivity index (χ0) is 20.3. The van der Waals surface area contributed by atoms with Gasteiger partial charge in [-0.05, 0) is 32.1 Å². The van der Waals surface area contributed by atoms with Crippen molar-refractivity contribution in [3.8, 4) is 11.6 Å². The molecule has 144 valence electrons. The highest BCUT2D eigenvalue weighted by Crippen LogP contribution is 2.29. The maximum atomic E-state index is 12.3. The van der Waals surface area contributed by atoms with Crippen molar-refractivity contribution in [2.75, 3.05) is 5.32 Å². The lowest BCUT2D eigenvalue weighted by molar-refractivity contribution is -0.111. The minimum Gasteiger partial charge on any atom is -0.437 e. The molecule has 28 heavy (non-hydrogen) atoms. The molecule has 0 aliphatic carbocycles. The summed E-state index contributed by atoms with van der Waals surface area (Å²) in [6.45, 7) is 7.14. The Labute approximate surface area is 166 Å². The largest absolute Gasteiger partial charge is 0.437 e. The Bertz CT molecular complexity index is 1060. The quantitative estimate of drug-likeness (QED) is 0.548. The Kier molecular flexibility index (Phi) is 5.60. The summed E-state index contributed by atoms with van der Waals surface area (Å²) in [5, 5.41) is 5.75. The Hall–Kier alpha value is -3.39. The summed E-state index contributed by atoms with van der Waals surface area (Å²) in [6.07, 6.45) is 4.12. The lowest BCUT2D eigenvalue weighted by Gasteiger charge is -2.09. The van der Waals surface area contributed by atoms with Gasteiger partial charge in [-0.25, -0.2) is 9.97 Å². The molecular weight excluding hydrogens is 382 g/mol. The number of carbonyl (C=O) groups excluding carboxylic acids is 2. The van der Waals surface area contributed by atoms with Crippen LogP contribution in [0.15, 0.2) is 43.2 Å². The Morgan fingerprint density at radius 2 is 2.14 bits per heavy atom. The van der Waals surface area contributed by atoms with Gasteiger partial charge in [-0.2, -0.15) is 0 Å². The summed E-state index contributed by atoms with van der Waals surface area (Å²) in [7, 11) is 0. The fourth-order valence-corrected chi connectivity index (χ4v) is 2.57. The first-order chi connectivity index (χ1) is 13.4. The normalized spacial score (nSPS) is 10.7. The van der Waals surface area contributed by atoms with Crippen LogP contribution < -0.4 is 15.4 Å². The maximum absolute atomic E-state index is 12.3. The topological polar surface area (TPSA) is 109 Å². The second-order valence-corrected chi connectivity index (χ2v) is 6.58. The molecule has 3 N–H and O–H groups in total. The minimum absolute atomic E-state index is 0.0110. The fraction of sp³-hybridized carbons (Fsp3) is 0.158. The Balaban J connectivity index is 1.88. The lowest BCUT2D eigenvalue weighted by atomic mass is 10.2. The van der Waals surface area contributed by atoms with Crippen molar-refractivity contribution >= 4 is 40.3 Å². The van der Waals surface area contributed by atoms with Crippen molar-refractivity contribution in [2.45, 2.75) is 19.9 Å². The van der Waals surface area contributed by atoms with Crippen LogP contribution in [0.1, 0.15) is 24.2 Å². The minimum atomic E-state index is -0.395. The van der Waals surface area contributed by atoms with Crippen molar-refractivity contribution in [3.63, 3.8) is 0 Å². The highest BCUT2D eigenvalue weighted by atomic mass is 35.5. The Morgan fingerprint density at radius 1 is 1.36 bits per heavy atom. The molecule has 2 amide bonds. The molecule has 9 heteroatoms. The fourth-order valence-electron chi connectivity index (χ4n) is 2.41. The first kappa shape index (κ1) is 19.4. The number of nitrogens with one attached hydrogen (secondary N) is 3. The molecule has 1 aromatic carbocycles. The number of rotatable bonds is 6. The molecule has 3 aromatic rings. The first-order valence-corrected chi connectivity index (χ1v) is 8.81. The Morgan fingerprint density at radius 3 is 2.86 bits per heavy atom. The van der Waals surface area contributed by atoms with Gasteiger partial charge in [-0.3, -0.25) is 9.59 Å². The number of fused-ring (bicyclic) bond motifs is 1. The number of carbonyl (C=O) groups is 2. The van der Waals surface area contributed by atoms with Crippen molar-refractivity contribution in [2.24, 2.45) is 0 Å². The number of amides is 2. The van der Waals surface area contributed by atoms with Gasteiger partial charge in [0.05, 0.1) is 22.5 Å². The molecule has 0 fully saturated rings. The van der Waals surface area contributed by atoms with Gasteiger partial charge in [0.1, 0.15) is 11.3 Å². The van der Waals surface area contributed by atoms with Gasteiger partial charge < -0.3 is 20.4 Å². The summed E-state index contributed by atoms with van der Waals surface area (Å²) in [6, 6.07) is 4.75. The summed E-state index contributed by atoms with van der Waals surface area (Å²) >= 11 is 6.08. The van der Waals surface area contributed by atoms with Crippen LogP contribution in [0.25, 0.3) is 11.2 Å². The molecule has 0 unspecified atom stereocenters. The lowest BCUT2D eigenvalue weighted by Crippen LogP contribution is -2.29. The number of halogens is 1. The summed E-state index contributed by atoms with van der Waals surface area (Å²) in [4.78, 5) is 35.3. The standard InChI is InChI=1S/C19H18ClN5O3/c1-4-15(26)24-14-7-11(5-6-13(14)20)28-16-9-22-18-17(25-16)12(8-21-18)19(27)23-10(2)3/h4-10H,1H2,2-3H3,(H,21,22)(H,23,27)(H,24,26). The van der Waals surface area contributed by atoms with E-state index in [0.29, 0.717) is 33.2 Å². The van der Waals surface area contributed by atoms with Crippen LogP contribution in [0.4, 0.5) is 5.69 Å². The van der Waals surface area contributed by atoms with E-state index in [0.717, 1.165) is 6.08 Å². The van der Waals surface area contributed by atoms with Crippen molar-refractivity contribution in [1.29, 1.82) is 0 Å². The molecule has 8 nitrogen and oxygen atoms in total. The predicted octanol–water partition coefficient (Wildman–Crippen LogP) is 3.67. The van der Waals surface area contributed by atoms with E-state index in [1.807, 2.05) is 13.8 Å². The molecule has 0 bridgehead atoms. The van der Waals surface area contributed by atoms with Crippen LogP contribution >= 0.6 is 11.6 Å². The molecule has 0 aliphatic heterocycles. The number of anilines is 1. The molecule has 0 atom stereocenters. The molecule has 2 aromatic heterocycles. The first-order valence-electron chi connectivity index (χ1n) is 8.43. The number of aromatic amines is 1. The van der Waals surface area contributed by atoms with Crippen LogP contribution in [0.2, 0.25) is 5.02 Å². The van der Waals surface area contributed by atoms with Gasteiger partial charge in [-0.1, -0.05) is 18.2 Å². The third-order valence-electron chi connectivity index (χ3n) is 3.63. The second kappa shape index (κ2) is 8.10. The number of aromatic nitrogens is 3. The molecule has 0 saturated carbocycles. The molecule has 0 aliphatic rings. The average Bonchev–Trinajstić information content (AvgIpc) is 3.07. The molecule has 0 radical (unpaired) electrons. The number of hydrogen-bond donors (Lipinski definition) is 3. The predicted molar refractivity (Wildman–Crippen MR) is 107 cm³/mol. The van der Waals surface area contributed by atoms with Gasteiger partial charge in [-0.15, -0.1) is 0 Å². The van der Waals surface area contributed by atoms with Crippen LogP contribution in [0.3, 0.4) is 0 Å². The maximum Gasteiger partial charge on any atom is 0.255 e. The smallest absolute Gasteiger partial charge is 0.255 e. The molecule has 0 saturated heterocycles. The summed E-state index contributed by atoms with van der Waals surface area (Å²) in [5.41, 5.74) is 1.61. The van der Waals surface area contributed by atoms with E-state index in [1.165, 1.54) is 6.20 Å². The van der Waals surface area contributed by atoms with Crippen molar-refractivity contribution < 1.29 is 14.3 Å². The van der Waals surface area contributed by atoms with Crippen LogP contribution in [-0.4, -0.2) is 32.8 Å². The number of nitrogens with zero attached hydrogens (tertiary/aromatic N) is 2. The third kappa shape index (κ3) is 4.29. The highest BCUT2D eigenvalue weighted by molar-refractivity contribution is 6.33. The number of hydrogen-bond acceptors (Lipinski definition) is 5. The van der Waals surface area contributed by atoms with Crippen molar-refractivity contribution in [1.82, 2.24) is 20.3 Å². The van der Waals surface area contributed by atoms with Gasteiger partial charge in [0.2, 0.25) is 11.8 Å². The second-order valence-electron chi connectivity index (χ2n) is 6.17. The van der Waals surface area contributed by atoms with E-state index < -0.39 is 5.91 Å². The number of ether oxygens (including phenoxy) is 1. The zero-order valence-electron chi connectivity index (χ0n) is 15.2. The van der Waals surface area contributed by atoms with Gasteiger partial charge in [0.15, 0.2) is 5.65 Å². The van der Waals surface area contributed by atoms with Gasteiger partial charge in [0.25, 0.3) is 5.91 Å². The summed E-state index contributed by atoms with van der Waals surface area (Å²) < 4.78 is 5.73. The molecular formula is C19H18ClN5O3. The summed E-state index contributed by atoms with van der Waals surface area (Å²) in [5.74, 6) is -0.0721. The van der Waals surface area contributed by atoms with Crippen LogP contribution in [0.5, 0.6) is 11.6 Å². The molecule has 2 heterocycles. The van der Waals surface area contributed by atoms with Crippen molar-refractivity contribution in [3.05, 3.63) is 53.8 Å². The molecule has 3 rings (SSSR count).